The van der Waals surface area contributed by atoms with Crippen molar-refractivity contribution < 1.29 is 8.42 Å². The number of pyridine rings is 1. The smallest absolute Gasteiger partial charge is 0.234 e. The number of anilines is 1. The van der Waals surface area contributed by atoms with Gasteiger partial charge in [0.25, 0.3) is 0 Å². The molecule has 0 amide bonds. The maximum atomic E-state index is 12.1. The van der Waals surface area contributed by atoms with Gasteiger partial charge in [-0.3, -0.25) is 9.62 Å². The number of likely N-dealkylation sites (N-methyl/N-ethyl adjacent to an activating group) is 1. The maximum Gasteiger partial charge on any atom is 0.234 e. The third-order valence-electron chi connectivity index (χ3n) is 3.51. The maximum absolute atomic E-state index is 12.1. The summed E-state index contributed by atoms with van der Waals surface area (Å²) in [6.45, 7) is 10.1. The van der Waals surface area contributed by atoms with Crippen molar-refractivity contribution in [1.29, 1.82) is 0 Å². The van der Waals surface area contributed by atoms with E-state index in [-0.39, 0.29) is 10.9 Å². The highest BCUT2D eigenvalue weighted by Gasteiger charge is 2.18. The van der Waals surface area contributed by atoms with Crippen LogP contribution < -0.4 is 4.72 Å². The molecule has 0 unspecified atom stereocenters. The average molecular weight is 363 g/mol. The van der Waals surface area contributed by atoms with E-state index in [1.54, 1.807) is 12.3 Å². The second-order valence-corrected chi connectivity index (χ2v) is 7.62. The predicted octanol–water partition coefficient (Wildman–Crippen LogP) is 2.06. The third-order valence-corrected chi connectivity index (χ3v) is 5.07. The monoisotopic (exact) mass is 362 g/mol. The average Bonchev–Trinajstić information content (AvgIpc) is 2.52. The van der Waals surface area contributed by atoms with Crippen LogP contribution >= 0.6 is 11.6 Å². The van der Waals surface area contributed by atoms with Crippen LogP contribution in [-0.4, -0.2) is 68.7 Å². The van der Waals surface area contributed by atoms with E-state index in [0.29, 0.717) is 12.2 Å². The van der Waals surface area contributed by atoms with Gasteiger partial charge in [-0.05, 0) is 25.6 Å². The lowest BCUT2D eigenvalue weighted by Crippen LogP contribution is -2.46. The first-order chi connectivity index (χ1) is 10.9. The molecule has 8 heteroatoms. The highest BCUT2D eigenvalue weighted by molar-refractivity contribution is 7.92. The molecule has 0 saturated carbocycles. The standard InChI is InChI=1S/C13H21ClN4O2S.C2H6/c1-11-9-12(13(14)15-10-11)16-21(19,20)8-7-18-5-3-17(2)4-6-18;1-2/h9-10,16H,3-8H2,1-2H3;1-2H3. The minimum Gasteiger partial charge on any atom is -0.304 e. The molecule has 23 heavy (non-hydrogen) atoms. The Hall–Kier alpha value is -0.890. The van der Waals surface area contributed by atoms with Gasteiger partial charge in [0.2, 0.25) is 10.0 Å². The molecule has 0 aliphatic carbocycles. The highest BCUT2D eigenvalue weighted by Crippen LogP contribution is 2.21. The predicted molar refractivity (Wildman–Crippen MR) is 96.7 cm³/mol. The van der Waals surface area contributed by atoms with Crippen LogP contribution in [0.2, 0.25) is 5.15 Å². The molecule has 1 fully saturated rings. The lowest BCUT2D eigenvalue weighted by atomic mass is 10.3. The Labute approximate surface area is 144 Å². The number of halogens is 1. The summed E-state index contributed by atoms with van der Waals surface area (Å²) in [5.74, 6) is 0.0565. The Morgan fingerprint density at radius 1 is 1.26 bits per heavy atom. The van der Waals surface area contributed by atoms with Crippen molar-refractivity contribution in [2.45, 2.75) is 20.8 Å². The normalized spacial score (nSPS) is 16.6. The zero-order valence-corrected chi connectivity index (χ0v) is 15.9. The molecule has 0 atom stereocenters. The molecule has 0 radical (unpaired) electrons. The number of aryl methyl sites for hydroxylation is 1. The summed E-state index contributed by atoms with van der Waals surface area (Å²) in [7, 11) is -1.34. The summed E-state index contributed by atoms with van der Waals surface area (Å²) in [5.41, 5.74) is 1.20. The Bertz CT molecular complexity index is 587. The fourth-order valence-corrected chi connectivity index (χ4v) is 3.46. The van der Waals surface area contributed by atoms with Crippen LogP contribution in [-0.2, 0) is 10.0 Å². The molecule has 132 valence electrons. The Morgan fingerprint density at radius 2 is 1.87 bits per heavy atom. The first-order valence-electron chi connectivity index (χ1n) is 7.89. The van der Waals surface area contributed by atoms with E-state index in [2.05, 4.69) is 26.6 Å². The van der Waals surface area contributed by atoms with Gasteiger partial charge < -0.3 is 4.90 Å². The van der Waals surface area contributed by atoms with Gasteiger partial charge in [-0.2, -0.15) is 0 Å². The number of hydrogen-bond donors (Lipinski definition) is 1. The lowest BCUT2D eigenvalue weighted by Gasteiger charge is -2.32. The van der Waals surface area contributed by atoms with E-state index in [1.165, 1.54) is 0 Å². The van der Waals surface area contributed by atoms with Gasteiger partial charge in [0, 0.05) is 38.9 Å². The van der Waals surface area contributed by atoms with Gasteiger partial charge in [-0.15, -0.1) is 0 Å². The molecule has 6 nitrogen and oxygen atoms in total. The van der Waals surface area contributed by atoms with Crippen molar-refractivity contribution in [3.05, 3.63) is 23.0 Å². The second kappa shape index (κ2) is 9.42. The van der Waals surface area contributed by atoms with Crippen molar-refractivity contribution in [3.8, 4) is 0 Å². The summed E-state index contributed by atoms with van der Waals surface area (Å²) in [6.07, 6.45) is 1.60. The van der Waals surface area contributed by atoms with Crippen molar-refractivity contribution in [1.82, 2.24) is 14.8 Å². The van der Waals surface area contributed by atoms with Gasteiger partial charge in [-0.25, -0.2) is 13.4 Å². The molecule has 1 saturated heterocycles. The van der Waals surface area contributed by atoms with Crippen LogP contribution in [0, 0.1) is 6.92 Å². The molecular weight excluding hydrogens is 336 g/mol. The summed E-state index contributed by atoms with van der Waals surface area (Å²) < 4.78 is 26.8. The number of sulfonamides is 1. The van der Waals surface area contributed by atoms with Crippen molar-refractivity contribution in [2.75, 3.05) is 50.2 Å². The molecule has 0 aromatic carbocycles. The summed E-state index contributed by atoms with van der Waals surface area (Å²) in [5, 5.41) is 0.170. The van der Waals surface area contributed by atoms with Gasteiger partial charge in [0.15, 0.2) is 5.15 Å². The molecule has 1 aromatic heterocycles. The highest BCUT2D eigenvalue weighted by atomic mass is 35.5. The number of rotatable bonds is 5. The topological polar surface area (TPSA) is 65.5 Å². The molecule has 2 heterocycles. The molecule has 1 aromatic rings. The molecule has 2 rings (SSSR count). The molecule has 1 N–H and O–H groups in total. The third kappa shape index (κ3) is 7.03. The molecule has 0 bridgehead atoms. The first kappa shape index (κ1) is 20.2. The van der Waals surface area contributed by atoms with Crippen LogP contribution in [0.15, 0.2) is 12.3 Å². The van der Waals surface area contributed by atoms with Crippen LogP contribution in [0.1, 0.15) is 19.4 Å². The van der Waals surface area contributed by atoms with Gasteiger partial charge in [0.1, 0.15) is 0 Å². The van der Waals surface area contributed by atoms with E-state index >= 15 is 0 Å². The molecule has 1 aliphatic heterocycles. The van der Waals surface area contributed by atoms with E-state index in [0.717, 1.165) is 31.7 Å². The van der Waals surface area contributed by atoms with Gasteiger partial charge >= 0.3 is 0 Å². The lowest BCUT2D eigenvalue weighted by molar-refractivity contribution is 0.161. The fourth-order valence-electron chi connectivity index (χ4n) is 2.16. The summed E-state index contributed by atoms with van der Waals surface area (Å²) in [4.78, 5) is 8.34. The number of nitrogens with one attached hydrogen (secondary N) is 1. The quantitative estimate of drug-likeness (QED) is 0.812. The molecule has 1 aliphatic rings. The Kier molecular flexibility index (Phi) is 8.25. The van der Waals surface area contributed by atoms with Crippen LogP contribution in [0.4, 0.5) is 5.69 Å². The van der Waals surface area contributed by atoms with E-state index in [9.17, 15) is 8.42 Å². The van der Waals surface area contributed by atoms with Crippen LogP contribution in [0.5, 0.6) is 0 Å². The zero-order valence-electron chi connectivity index (χ0n) is 14.3. The minimum atomic E-state index is -3.42. The van der Waals surface area contributed by atoms with E-state index < -0.39 is 10.0 Å². The fraction of sp³-hybridized carbons (Fsp3) is 0.667. The second-order valence-electron chi connectivity index (χ2n) is 5.42. The van der Waals surface area contributed by atoms with Crippen molar-refractivity contribution >= 4 is 27.3 Å². The van der Waals surface area contributed by atoms with Crippen molar-refractivity contribution in [2.24, 2.45) is 0 Å². The van der Waals surface area contributed by atoms with E-state index in [1.807, 2.05) is 20.8 Å². The molecule has 0 spiro atoms. The van der Waals surface area contributed by atoms with Crippen LogP contribution in [0.3, 0.4) is 0 Å². The molecular formula is C15H27ClN4O2S. The number of nitrogens with zero attached hydrogens (tertiary/aromatic N) is 3. The minimum absolute atomic E-state index is 0.0565. The Balaban J connectivity index is 0.00000127. The SMILES string of the molecule is CC.Cc1cnc(Cl)c(NS(=O)(=O)CCN2CCN(C)CC2)c1. The first-order valence-corrected chi connectivity index (χ1v) is 9.92. The largest absolute Gasteiger partial charge is 0.304 e. The Morgan fingerprint density at radius 3 is 2.48 bits per heavy atom. The van der Waals surface area contributed by atoms with Crippen molar-refractivity contribution in [3.63, 3.8) is 0 Å². The zero-order chi connectivity index (χ0) is 17.5. The number of piperazine rings is 1. The number of aromatic nitrogens is 1. The van der Waals surface area contributed by atoms with E-state index in [4.69, 9.17) is 11.6 Å². The number of hydrogen-bond acceptors (Lipinski definition) is 5. The summed E-state index contributed by atoms with van der Waals surface area (Å²) >= 11 is 5.91. The van der Waals surface area contributed by atoms with Gasteiger partial charge in [0.05, 0.1) is 11.4 Å². The summed E-state index contributed by atoms with van der Waals surface area (Å²) in [6, 6.07) is 1.68. The van der Waals surface area contributed by atoms with Gasteiger partial charge in [-0.1, -0.05) is 25.4 Å². The van der Waals surface area contributed by atoms with Crippen LogP contribution in [0.25, 0.3) is 0 Å².